The van der Waals surface area contributed by atoms with Gasteiger partial charge in [-0.15, -0.1) is 0 Å². The second-order valence-corrected chi connectivity index (χ2v) is 5.47. The molecule has 2 aromatic rings. The maximum Gasteiger partial charge on any atom is 0.123 e. The smallest absolute Gasteiger partial charge is 0.123 e. The van der Waals surface area contributed by atoms with Crippen LogP contribution >= 0.6 is 0 Å². The molecule has 22 heavy (non-hydrogen) atoms. The SMILES string of the molecule is N#C/C(=C\c1ccc(N2CCCC2)cc1)c1cccc(F)c1. The molecule has 0 unspecified atom stereocenters. The van der Waals surface area contributed by atoms with Gasteiger partial charge in [-0.05, 0) is 54.3 Å². The first-order valence-electron chi connectivity index (χ1n) is 7.49. The number of nitrogens with zero attached hydrogens (tertiary/aromatic N) is 2. The highest BCUT2D eigenvalue weighted by atomic mass is 19.1. The Morgan fingerprint density at radius 3 is 2.45 bits per heavy atom. The van der Waals surface area contributed by atoms with Gasteiger partial charge < -0.3 is 4.90 Å². The molecular weight excluding hydrogens is 275 g/mol. The van der Waals surface area contributed by atoms with E-state index in [1.165, 1.54) is 30.7 Å². The molecule has 0 N–H and O–H groups in total. The number of rotatable bonds is 3. The minimum absolute atomic E-state index is 0.331. The van der Waals surface area contributed by atoms with Gasteiger partial charge in [-0.2, -0.15) is 5.26 Å². The summed E-state index contributed by atoms with van der Waals surface area (Å²) < 4.78 is 13.3. The molecule has 1 fully saturated rings. The van der Waals surface area contributed by atoms with Crippen molar-refractivity contribution >= 4 is 17.3 Å². The van der Waals surface area contributed by atoms with Crippen LogP contribution < -0.4 is 4.90 Å². The summed E-state index contributed by atoms with van der Waals surface area (Å²) in [7, 11) is 0. The Kier molecular flexibility index (Phi) is 4.20. The van der Waals surface area contributed by atoms with Gasteiger partial charge in [0.25, 0.3) is 0 Å². The predicted octanol–water partition coefficient (Wildman–Crippen LogP) is 4.49. The average Bonchev–Trinajstić information content (AvgIpc) is 3.07. The second-order valence-electron chi connectivity index (χ2n) is 5.47. The summed E-state index contributed by atoms with van der Waals surface area (Å²) in [5.41, 5.74) is 3.24. The molecule has 0 spiro atoms. The van der Waals surface area contributed by atoms with Crippen LogP contribution in [0, 0.1) is 17.1 Å². The highest BCUT2D eigenvalue weighted by Gasteiger charge is 2.11. The second kappa shape index (κ2) is 6.44. The van der Waals surface area contributed by atoms with E-state index in [1.807, 2.05) is 12.1 Å². The van der Waals surface area contributed by atoms with E-state index in [1.54, 1.807) is 18.2 Å². The van der Waals surface area contributed by atoms with Crippen LogP contribution in [-0.4, -0.2) is 13.1 Å². The summed E-state index contributed by atoms with van der Waals surface area (Å²) in [4.78, 5) is 2.37. The molecule has 0 radical (unpaired) electrons. The van der Waals surface area contributed by atoms with E-state index in [-0.39, 0.29) is 5.82 Å². The van der Waals surface area contributed by atoms with Gasteiger partial charge in [0.15, 0.2) is 0 Å². The normalized spacial score (nSPS) is 14.9. The van der Waals surface area contributed by atoms with Crippen molar-refractivity contribution in [2.24, 2.45) is 0 Å². The maximum absolute atomic E-state index is 13.3. The summed E-state index contributed by atoms with van der Waals surface area (Å²) in [6, 6.07) is 16.4. The van der Waals surface area contributed by atoms with Crippen LogP contribution in [-0.2, 0) is 0 Å². The van der Waals surface area contributed by atoms with Crippen molar-refractivity contribution in [2.75, 3.05) is 18.0 Å². The molecule has 1 heterocycles. The zero-order chi connectivity index (χ0) is 15.4. The molecule has 110 valence electrons. The molecule has 0 aromatic heterocycles. The van der Waals surface area contributed by atoms with Crippen molar-refractivity contribution < 1.29 is 4.39 Å². The van der Waals surface area contributed by atoms with Gasteiger partial charge in [0, 0.05) is 18.8 Å². The van der Waals surface area contributed by atoms with Crippen molar-refractivity contribution in [1.29, 1.82) is 5.26 Å². The Labute approximate surface area is 130 Å². The molecule has 0 atom stereocenters. The molecule has 1 aliphatic heterocycles. The average molecular weight is 292 g/mol. The third kappa shape index (κ3) is 3.17. The molecule has 1 saturated heterocycles. The summed E-state index contributed by atoms with van der Waals surface area (Å²) >= 11 is 0. The highest BCUT2D eigenvalue weighted by molar-refractivity contribution is 5.89. The van der Waals surface area contributed by atoms with Crippen molar-refractivity contribution in [3.63, 3.8) is 0 Å². The van der Waals surface area contributed by atoms with Crippen LogP contribution in [0.25, 0.3) is 11.6 Å². The molecule has 3 rings (SSSR count). The van der Waals surface area contributed by atoms with Gasteiger partial charge in [0.2, 0.25) is 0 Å². The van der Waals surface area contributed by atoms with E-state index < -0.39 is 0 Å². The van der Waals surface area contributed by atoms with Gasteiger partial charge in [-0.3, -0.25) is 0 Å². The summed E-state index contributed by atoms with van der Waals surface area (Å²) in [5, 5.41) is 9.31. The van der Waals surface area contributed by atoms with Crippen LogP contribution in [0.2, 0.25) is 0 Å². The fourth-order valence-electron chi connectivity index (χ4n) is 2.76. The van der Waals surface area contributed by atoms with Crippen molar-refractivity contribution in [2.45, 2.75) is 12.8 Å². The molecule has 0 aliphatic carbocycles. The molecule has 0 saturated carbocycles. The lowest BCUT2D eigenvalue weighted by Crippen LogP contribution is -2.17. The summed E-state index contributed by atoms with van der Waals surface area (Å²) in [6.45, 7) is 2.23. The fourth-order valence-corrected chi connectivity index (χ4v) is 2.76. The number of benzene rings is 2. The number of halogens is 1. The quantitative estimate of drug-likeness (QED) is 0.615. The third-order valence-corrected chi connectivity index (χ3v) is 3.93. The molecule has 3 heteroatoms. The molecule has 0 amide bonds. The van der Waals surface area contributed by atoms with E-state index in [0.29, 0.717) is 11.1 Å². The molecule has 2 aromatic carbocycles. The van der Waals surface area contributed by atoms with Crippen LogP contribution in [0.15, 0.2) is 48.5 Å². The van der Waals surface area contributed by atoms with Gasteiger partial charge in [-0.1, -0.05) is 24.3 Å². The maximum atomic E-state index is 13.3. The zero-order valence-electron chi connectivity index (χ0n) is 12.3. The number of allylic oxidation sites excluding steroid dienone is 1. The van der Waals surface area contributed by atoms with Crippen LogP contribution in [0.3, 0.4) is 0 Å². The lowest BCUT2D eigenvalue weighted by molar-refractivity contribution is 0.627. The number of anilines is 1. The first-order valence-corrected chi connectivity index (χ1v) is 7.49. The number of hydrogen-bond donors (Lipinski definition) is 0. The van der Waals surface area contributed by atoms with E-state index in [0.717, 1.165) is 18.7 Å². The van der Waals surface area contributed by atoms with Gasteiger partial charge in [-0.25, -0.2) is 4.39 Å². The summed E-state index contributed by atoms with van der Waals surface area (Å²) in [5.74, 6) is -0.331. The van der Waals surface area contributed by atoms with E-state index in [9.17, 15) is 9.65 Å². The largest absolute Gasteiger partial charge is 0.372 e. The topological polar surface area (TPSA) is 27.0 Å². The Hall–Kier alpha value is -2.60. The van der Waals surface area contributed by atoms with Crippen LogP contribution in [0.1, 0.15) is 24.0 Å². The molecular formula is C19H17FN2. The monoisotopic (exact) mass is 292 g/mol. The molecule has 0 bridgehead atoms. The first-order chi connectivity index (χ1) is 10.8. The Morgan fingerprint density at radius 1 is 1.09 bits per heavy atom. The lowest BCUT2D eigenvalue weighted by atomic mass is 10.0. The first kappa shape index (κ1) is 14.3. The Morgan fingerprint density at radius 2 is 1.82 bits per heavy atom. The molecule has 1 aliphatic rings. The van der Waals surface area contributed by atoms with Gasteiger partial charge in [0.05, 0.1) is 11.6 Å². The fraction of sp³-hybridized carbons (Fsp3) is 0.211. The number of nitriles is 1. The predicted molar refractivity (Wildman–Crippen MR) is 87.8 cm³/mol. The minimum atomic E-state index is -0.331. The highest BCUT2D eigenvalue weighted by Crippen LogP contribution is 2.23. The third-order valence-electron chi connectivity index (χ3n) is 3.93. The number of hydrogen-bond acceptors (Lipinski definition) is 2. The summed E-state index contributed by atoms with van der Waals surface area (Å²) in [6.07, 6.45) is 4.29. The minimum Gasteiger partial charge on any atom is -0.372 e. The van der Waals surface area contributed by atoms with Crippen molar-refractivity contribution in [3.05, 3.63) is 65.5 Å². The Balaban J connectivity index is 1.85. The Bertz CT molecular complexity index is 720. The van der Waals surface area contributed by atoms with Crippen LogP contribution in [0.4, 0.5) is 10.1 Å². The van der Waals surface area contributed by atoms with E-state index >= 15 is 0 Å². The van der Waals surface area contributed by atoms with Crippen molar-refractivity contribution in [3.8, 4) is 6.07 Å². The van der Waals surface area contributed by atoms with Crippen molar-refractivity contribution in [1.82, 2.24) is 0 Å². The van der Waals surface area contributed by atoms with Gasteiger partial charge >= 0.3 is 0 Å². The standard InChI is InChI=1S/C19H17FN2/c20-18-5-3-4-16(13-18)17(14-21)12-15-6-8-19(9-7-15)22-10-1-2-11-22/h3-9,12-13H,1-2,10-11H2/b17-12+. The molecule has 2 nitrogen and oxygen atoms in total. The lowest BCUT2D eigenvalue weighted by Gasteiger charge is -2.17. The van der Waals surface area contributed by atoms with Crippen LogP contribution in [0.5, 0.6) is 0 Å². The van der Waals surface area contributed by atoms with E-state index in [2.05, 4.69) is 23.1 Å². The zero-order valence-corrected chi connectivity index (χ0v) is 12.3. The van der Waals surface area contributed by atoms with E-state index in [4.69, 9.17) is 0 Å². The van der Waals surface area contributed by atoms with Gasteiger partial charge in [0.1, 0.15) is 5.82 Å².